The summed E-state index contributed by atoms with van der Waals surface area (Å²) >= 11 is 11.9. The van der Waals surface area contributed by atoms with Gasteiger partial charge in [-0.2, -0.15) is 0 Å². The normalized spacial score (nSPS) is 12.7. The van der Waals surface area contributed by atoms with E-state index in [-0.39, 0.29) is 11.9 Å². The summed E-state index contributed by atoms with van der Waals surface area (Å²) in [5.74, 6) is -0.202. The predicted molar refractivity (Wildman–Crippen MR) is 80.5 cm³/mol. The van der Waals surface area contributed by atoms with E-state index in [0.717, 1.165) is 5.56 Å². The van der Waals surface area contributed by atoms with Gasteiger partial charge in [-0.15, -0.1) is 0 Å². The summed E-state index contributed by atoms with van der Waals surface area (Å²) in [6, 6.07) is 8.32. The number of aromatic nitrogens is 1. The number of nitrogens with zero attached hydrogens (tertiary/aromatic N) is 2. The third-order valence-corrected chi connectivity index (χ3v) is 3.89. The Morgan fingerprint density at radius 1 is 1.30 bits per heavy atom. The van der Waals surface area contributed by atoms with Crippen molar-refractivity contribution in [2.45, 2.75) is 19.5 Å². The maximum absolute atomic E-state index is 13.8. The van der Waals surface area contributed by atoms with Crippen LogP contribution in [0.1, 0.15) is 24.1 Å². The van der Waals surface area contributed by atoms with E-state index in [1.54, 1.807) is 24.4 Å². The van der Waals surface area contributed by atoms with Gasteiger partial charge in [0.15, 0.2) is 0 Å². The van der Waals surface area contributed by atoms with Gasteiger partial charge in [-0.25, -0.2) is 9.37 Å². The summed E-state index contributed by atoms with van der Waals surface area (Å²) in [7, 11) is 1.92. The van der Waals surface area contributed by atoms with Gasteiger partial charge in [0, 0.05) is 34.9 Å². The van der Waals surface area contributed by atoms with Crippen LogP contribution in [-0.4, -0.2) is 16.9 Å². The molecule has 0 saturated heterocycles. The first kappa shape index (κ1) is 15.2. The molecule has 2 nitrogen and oxygen atoms in total. The molecule has 1 atom stereocenters. The van der Waals surface area contributed by atoms with E-state index in [0.29, 0.717) is 22.3 Å². The summed E-state index contributed by atoms with van der Waals surface area (Å²) in [6.45, 7) is 2.52. The second-order valence-corrected chi connectivity index (χ2v) is 5.51. The fourth-order valence-electron chi connectivity index (χ4n) is 2.01. The van der Waals surface area contributed by atoms with E-state index in [2.05, 4.69) is 4.98 Å². The molecule has 0 bridgehead atoms. The summed E-state index contributed by atoms with van der Waals surface area (Å²) in [4.78, 5) is 6.03. The Kier molecular flexibility index (Phi) is 4.97. The van der Waals surface area contributed by atoms with Crippen molar-refractivity contribution >= 4 is 23.2 Å². The van der Waals surface area contributed by atoms with E-state index in [1.807, 2.05) is 24.9 Å². The van der Waals surface area contributed by atoms with Gasteiger partial charge in [0.1, 0.15) is 11.0 Å². The van der Waals surface area contributed by atoms with E-state index in [1.165, 1.54) is 6.07 Å². The summed E-state index contributed by atoms with van der Waals surface area (Å²) in [6.07, 6.45) is 1.65. The lowest BCUT2D eigenvalue weighted by Gasteiger charge is -2.25. The molecule has 0 amide bonds. The molecule has 1 aromatic heterocycles. The van der Waals surface area contributed by atoms with Crippen molar-refractivity contribution in [1.82, 2.24) is 9.88 Å². The van der Waals surface area contributed by atoms with Gasteiger partial charge in [-0.1, -0.05) is 41.4 Å². The molecule has 1 unspecified atom stereocenters. The average molecular weight is 313 g/mol. The van der Waals surface area contributed by atoms with Crippen LogP contribution in [0.25, 0.3) is 0 Å². The lowest BCUT2D eigenvalue weighted by Crippen LogP contribution is -2.23. The van der Waals surface area contributed by atoms with Gasteiger partial charge in [-0.05, 0) is 26.1 Å². The van der Waals surface area contributed by atoms with Crippen LogP contribution >= 0.6 is 23.2 Å². The lowest BCUT2D eigenvalue weighted by atomic mass is 10.1. The van der Waals surface area contributed by atoms with E-state index in [4.69, 9.17) is 23.2 Å². The van der Waals surface area contributed by atoms with Crippen molar-refractivity contribution in [3.63, 3.8) is 0 Å². The highest BCUT2D eigenvalue weighted by molar-refractivity contribution is 6.34. The van der Waals surface area contributed by atoms with Crippen LogP contribution in [0.15, 0.2) is 36.5 Å². The minimum atomic E-state index is -0.202. The zero-order chi connectivity index (χ0) is 14.7. The minimum Gasteiger partial charge on any atom is -0.295 e. The van der Waals surface area contributed by atoms with Crippen LogP contribution < -0.4 is 0 Å². The van der Waals surface area contributed by atoms with Crippen molar-refractivity contribution in [1.29, 1.82) is 0 Å². The number of hydrogen-bond acceptors (Lipinski definition) is 2. The molecule has 1 heterocycles. The minimum absolute atomic E-state index is 0.0667. The molecule has 2 aromatic rings. The number of hydrogen-bond donors (Lipinski definition) is 0. The van der Waals surface area contributed by atoms with Crippen LogP contribution in [0.2, 0.25) is 10.2 Å². The molecule has 2 rings (SSSR count). The number of rotatable bonds is 4. The third kappa shape index (κ3) is 3.48. The third-order valence-electron chi connectivity index (χ3n) is 3.33. The first-order valence-corrected chi connectivity index (χ1v) is 6.99. The van der Waals surface area contributed by atoms with Crippen molar-refractivity contribution in [3.05, 3.63) is 63.6 Å². The fraction of sp³-hybridized carbons (Fsp3) is 0.267. The predicted octanol–water partition coefficient (Wildman–Crippen LogP) is 4.72. The van der Waals surface area contributed by atoms with Crippen LogP contribution in [0.4, 0.5) is 4.39 Å². The topological polar surface area (TPSA) is 16.1 Å². The molecular weight excluding hydrogens is 298 g/mol. The van der Waals surface area contributed by atoms with Crippen LogP contribution in [0, 0.1) is 5.82 Å². The second kappa shape index (κ2) is 6.53. The van der Waals surface area contributed by atoms with Gasteiger partial charge in [0.2, 0.25) is 0 Å². The standard InChI is InChI=1S/C15H15Cl2FN2/c1-10(12-5-3-4-6-14(12)18)20(2)9-11-8-19-15(17)7-13(11)16/h3-8,10H,9H2,1-2H3. The Morgan fingerprint density at radius 2 is 2.00 bits per heavy atom. The fourth-order valence-corrected chi connectivity index (χ4v) is 2.43. The van der Waals surface area contributed by atoms with Crippen LogP contribution in [-0.2, 0) is 6.54 Å². The maximum Gasteiger partial charge on any atom is 0.130 e. The van der Waals surface area contributed by atoms with Gasteiger partial charge >= 0.3 is 0 Å². The second-order valence-electron chi connectivity index (χ2n) is 4.71. The zero-order valence-corrected chi connectivity index (χ0v) is 12.8. The molecular formula is C15H15Cl2FN2. The molecule has 0 aliphatic carbocycles. The Hall–Kier alpha value is -1.16. The summed E-state index contributed by atoms with van der Waals surface area (Å²) in [5.41, 5.74) is 1.52. The Balaban J connectivity index is 2.15. The number of halogens is 3. The lowest BCUT2D eigenvalue weighted by molar-refractivity contribution is 0.247. The molecule has 1 aromatic carbocycles. The van der Waals surface area contributed by atoms with E-state index >= 15 is 0 Å². The van der Waals surface area contributed by atoms with E-state index < -0.39 is 0 Å². The number of benzene rings is 1. The molecule has 0 saturated carbocycles. The van der Waals surface area contributed by atoms with Gasteiger partial charge in [0.25, 0.3) is 0 Å². The van der Waals surface area contributed by atoms with Gasteiger partial charge in [0.05, 0.1) is 0 Å². The van der Waals surface area contributed by atoms with Crippen molar-refractivity contribution in [2.24, 2.45) is 0 Å². The quantitative estimate of drug-likeness (QED) is 0.759. The molecule has 20 heavy (non-hydrogen) atoms. The smallest absolute Gasteiger partial charge is 0.130 e. The Bertz CT molecular complexity index is 604. The monoisotopic (exact) mass is 312 g/mol. The van der Waals surface area contributed by atoms with Crippen molar-refractivity contribution in [2.75, 3.05) is 7.05 Å². The van der Waals surface area contributed by atoms with Crippen LogP contribution in [0.3, 0.4) is 0 Å². The zero-order valence-electron chi connectivity index (χ0n) is 11.3. The molecule has 0 radical (unpaired) electrons. The van der Waals surface area contributed by atoms with Crippen LogP contribution in [0.5, 0.6) is 0 Å². The van der Waals surface area contributed by atoms with Crippen molar-refractivity contribution in [3.8, 4) is 0 Å². The SMILES string of the molecule is CC(c1ccccc1F)N(C)Cc1cnc(Cl)cc1Cl. The first-order chi connectivity index (χ1) is 9.49. The Labute approximate surface area is 128 Å². The highest BCUT2D eigenvalue weighted by Gasteiger charge is 2.16. The molecule has 5 heteroatoms. The van der Waals surface area contributed by atoms with Gasteiger partial charge in [-0.3, -0.25) is 4.90 Å². The highest BCUT2D eigenvalue weighted by atomic mass is 35.5. The molecule has 0 N–H and O–H groups in total. The molecule has 0 fully saturated rings. The molecule has 0 aliphatic heterocycles. The molecule has 0 spiro atoms. The summed E-state index contributed by atoms with van der Waals surface area (Å²) < 4.78 is 13.8. The summed E-state index contributed by atoms with van der Waals surface area (Å²) in [5, 5.41) is 0.932. The Morgan fingerprint density at radius 3 is 2.65 bits per heavy atom. The van der Waals surface area contributed by atoms with Crippen molar-refractivity contribution < 1.29 is 4.39 Å². The molecule has 0 aliphatic rings. The highest BCUT2D eigenvalue weighted by Crippen LogP contribution is 2.25. The number of pyridine rings is 1. The largest absolute Gasteiger partial charge is 0.295 e. The first-order valence-electron chi connectivity index (χ1n) is 6.23. The van der Waals surface area contributed by atoms with Gasteiger partial charge < -0.3 is 0 Å². The molecule has 106 valence electrons. The van der Waals surface area contributed by atoms with E-state index in [9.17, 15) is 4.39 Å². The maximum atomic E-state index is 13.8. The average Bonchev–Trinajstić information content (AvgIpc) is 2.41.